The quantitative estimate of drug-likeness (QED) is 0.615. The van der Waals surface area contributed by atoms with Crippen LogP contribution >= 0.6 is 11.6 Å². The number of carbonyl (C=O) groups is 1. The van der Waals surface area contributed by atoms with Gasteiger partial charge in [0.2, 0.25) is 5.15 Å². The molecule has 2 rings (SSSR count). The van der Waals surface area contributed by atoms with Crippen LogP contribution in [0.3, 0.4) is 0 Å². The van der Waals surface area contributed by atoms with Crippen molar-refractivity contribution in [1.29, 1.82) is 0 Å². The maximum Gasteiger partial charge on any atom is 0.265 e. The van der Waals surface area contributed by atoms with Gasteiger partial charge < -0.3 is 0 Å². The molecule has 0 saturated carbocycles. The third-order valence-electron chi connectivity index (χ3n) is 3.01. The third kappa shape index (κ3) is 2.46. The highest BCUT2D eigenvalue weighted by molar-refractivity contribution is 6.29. The molecule has 4 heteroatoms. The lowest BCUT2D eigenvalue weighted by atomic mass is 10.1. The van der Waals surface area contributed by atoms with Crippen LogP contribution in [0, 0.1) is 0 Å². The standard InChI is InChI=1S/C14H16ClN2O/c1-3-17-13(15)10-16(2)14(17)9-12(18)11-7-5-4-6-8-11/h4-8,10H,3,9H2,1-2H3/q+1. The van der Waals surface area contributed by atoms with Gasteiger partial charge in [-0.2, -0.15) is 0 Å². The summed E-state index contributed by atoms with van der Waals surface area (Å²) >= 11 is 6.11. The highest BCUT2D eigenvalue weighted by Crippen LogP contribution is 2.12. The van der Waals surface area contributed by atoms with E-state index in [1.54, 1.807) is 0 Å². The molecule has 0 atom stereocenters. The maximum atomic E-state index is 12.2. The molecular weight excluding hydrogens is 248 g/mol. The van der Waals surface area contributed by atoms with E-state index in [1.807, 2.05) is 59.6 Å². The van der Waals surface area contributed by atoms with Crippen molar-refractivity contribution >= 4 is 17.4 Å². The molecule has 2 aromatic rings. The van der Waals surface area contributed by atoms with E-state index < -0.39 is 0 Å². The molecule has 18 heavy (non-hydrogen) atoms. The average molecular weight is 264 g/mol. The van der Waals surface area contributed by atoms with E-state index >= 15 is 0 Å². The van der Waals surface area contributed by atoms with Crippen LogP contribution in [0.2, 0.25) is 5.15 Å². The molecular formula is C14H16ClN2O+. The van der Waals surface area contributed by atoms with E-state index in [0.29, 0.717) is 11.6 Å². The largest absolute Gasteiger partial charge is 0.293 e. The zero-order valence-electron chi connectivity index (χ0n) is 10.6. The number of halogens is 1. The predicted octanol–water partition coefficient (Wildman–Crippen LogP) is 2.41. The van der Waals surface area contributed by atoms with Gasteiger partial charge in [0, 0.05) is 5.56 Å². The molecule has 0 aliphatic heterocycles. The zero-order chi connectivity index (χ0) is 13.1. The average Bonchev–Trinajstić information content (AvgIpc) is 2.64. The smallest absolute Gasteiger partial charge is 0.265 e. The lowest BCUT2D eigenvalue weighted by Crippen LogP contribution is -2.33. The fourth-order valence-electron chi connectivity index (χ4n) is 2.04. The molecule has 0 aliphatic carbocycles. The molecule has 0 spiro atoms. The Morgan fingerprint density at radius 3 is 2.61 bits per heavy atom. The summed E-state index contributed by atoms with van der Waals surface area (Å²) in [6, 6.07) is 9.33. The van der Waals surface area contributed by atoms with Crippen LogP contribution in [0.4, 0.5) is 0 Å². The first-order valence-electron chi connectivity index (χ1n) is 5.95. The van der Waals surface area contributed by atoms with E-state index in [4.69, 9.17) is 11.6 Å². The SMILES string of the molecule is CCn1c(Cl)c[n+](C)c1CC(=O)c1ccccc1. The van der Waals surface area contributed by atoms with Crippen LogP contribution in [-0.4, -0.2) is 10.4 Å². The zero-order valence-corrected chi connectivity index (χ0v) is 11.3. The fraction of sp³-hybridized carbons (Fsp3) is 0.286. The first-order valence-corrected chi connectivity index (χ1v) is 6.33. The molecule has 0 saturated heterocycles. The Kier molecular flexibility index (Phi) is 3.82. The van der Waals surface area contributed by atoms with Gasteiger partial charge in [0.1, 0.15) is 12.6 Å². The fourth-order valence-corrected chi connectivity index (χ4v) is 2.40. The van der Waals surface area contributed by atoms with Crippen LogP contribution in [0.15, 0.2) is 36.5 Å². The summed E-state index contributed by atoms with van der Waals surface area (Å²) in [5.74, 6) is 1.03. The van der Waals surface area contributed by atoms with Crippen molar-refractivity contribution in [2.45, 2.75) is 19.9 Å². The van der Waals surface area contributed by atoms with Crippen LogP contribution in [0.5, 0.6) is 0 Å². The van der Waals surface area contributed by atoms with Crippen molar-refractivity contribution in [2.75, 3.05) is 0 Å². The van der Waals surface area contributed by atoms with Gasteiger partial charge in [-0.15, -0.1) is 0 Å². The molecule has 0 radical (unpaired) electrons. The number of aromatic nitrogens is 2. The monoisotopic (exact) mass is 263 g/mol. The second kappa shape index (κ2) is 5.36. The summed E-state index contributed by atoms with van der Waals surface area (Å²) < 4.78 is 3.86. The number of hydrogen-bond donors (Lipinski definition) is 0. The van der Waals surface area contributed by atoms with Crippen LogP contribution in [0.25, 0.3) is 0 Å². The number of imidazole rings is 1. The van der Waals surface area contributed by atoms with Gasteiger partial charge in [-0.3, -0.25) is 4.79 Å². The Morgan fingerprint density at radius 1 is 1.33 bits per heavy atom. The van der Waals surface area contributed by atoms with E-state index in [-0.39, 0.29) is 5.78 Å². The Bertz CT molecular complexity index is 561. The Morgan fingerprint density at radius 2 is 2.00 bits per heavy atom. The van der Waals surface area contributed by atoms with Crippen molar-refractivity contribution in [3.8, 4) is 0 Å². The van der Waals surface area contributed by atoms with Gasteiger partial charge in [-0.25, -0.2) is 9.13 Å². The first-order chi connectivity index (χ1) is 8.63. The van der Waals surface area contributed by atoms with Crippen molar-refractivity contribution in [3.63, 3.8) is 0 Å². The topological polar surface area (TPSA) is 25.9 Å². The summed E-state index contributed by atoms with van der Waals surface area (Å²) in [5.41, 5.74) is 0.734. The lowest BCUT2D eigenvalue weighted by molar-refractivity contribution is -0.678. The summed E-state index contributed by atoms with van der Waals surface area (Å²) in [4.78, 5) is 12.2. The van der Waals surface area contributed by atoms with Crippen molar-refractivity contribution in [3.05, 3.63) is 53.1 Å². The van der Waals surface area contributed by atoms with E-state index in [0.717, 1.165) is 17.9 Å². The number of hydrogen-bond acceptors (Lipinski definition) is 1. The number of aryl methyl sites for hydroxylation is 1. The molecule has 1 aromatic carbocycles. The van der Waals surface area contributed by atoms with Crippen LogP contribution < -0.4 is 4.57 Å². The molecule has 0 unspecified atom stereocenters. The number of Topliss-reactive ketones (excluding diaryl/α,β-unsaturated/α-hetero) is 1. The maximum absolute atomic E-state index is 12.2. The number of nitrogens with zero attached hydrogens (tertiary/aromatic N) is 2. The number of carbonyl (C=O) groups excluding carboxylic acids is 1. The number of benzene rings is 1. The van der Waals surface area contributed by atoms with Crippen LogP contribution in [0.1, 0.15) is 23.1 Å². The van der Waals surface area contributed by atoms with E-state index in [9.17, 15) is 4.79 Å². The third-order valence-corrected chi connectivity index (χ3v) is 3.31. The Labute approximate surface area is 112 Å². The molecule has 3 nitrogen and oxygen atoms in total. The van der Waals surface area contributed by atoms with Crippen molar-refractivity contribution < 1.29 is 9.36 Å². The summed E-state index contributed by atoms with van der Waals surface area (Å²) in [6.45, 7) is 2.78. The highest BCUT2D eigenvalue weighted by atomic mass is 35.5. The van der Waals surface area contributed by atoms with Gasteiger partial charge in [0.05, 0.1) is 13.6 Å². The van der Waals surface area contributed by atoms with Gasteiger partial charge in [-0.05, 0) is 18.5 Å². The molecule has 0 fully saturated rings. The minimum absolute atomic E-state index is 0.107. The molecule has 0 N–H and O–H groups in total. The second-order valence-electron chi connectivity index (χ2n) is 4.19. The summed E-state index contributed by atoms with van der Waals surface area (Å²) in [5, 5.41) is 0.663. The first kappa shape index (κ1) is 12.8. The van der Waals surface area contributed by atoms with Gasteiger partial charge in [0.15, 0.2) is 5.78 Å². The summed E-state index contributed by atoms with van der Waals surface area (Å²) in [6.07, 6.45) is 2.19. The molecule has 1 heterocycles. The molecule has 94 valence electrons. The van der Waals surface area contributed by atoms with Crippen molar-refractivity contribution in [1.82, 2.24) is 4.57 Å². The normalized spacial score (nSPS) is 10.6. The highest BCUT2D eigenvalue weighted by Gasteiger charge is 2.22. The Hall–Kier alpha value is -1.61. The van der Waals surface area contributed by atoms with E-state index in [2.05, 4.69) is 0 Å². The minimum Gasteiger partial charge on any atom is -0.293 e. The van der Waals surface area contributed by atoms with Gasteiger partial charge in [-0.1, -0.05) is 30.3 Å². The van der Waals surface area contributed by atoms with E-state index in [1.165, 1.54) is 0 Å². The number of ketones is 1. The second-order valence-corrected chi connectivity index (χ2v) is 4.58. The van der Waals surface area contributed by atoms with Gasteiger partial charge in [0.25, 0.3) is 5.82 Å². The minimum atomic E-state index is 0.107. The number of rotatable bonds is 4. The Balaban J connectivity index is 2.27. The molecule has 0 aliphatic rings. The molecule has 0 bridgehead atoms. The molecule has 0 amide bonds. The van der Waals surface area contributed by atoms with Gasteiger partial charge >= 0.3 is 0 Å². The predicted molar refractivity (Wildman–Crippen MR) is 70.8 cm³/mol. The lowest BCUT2D eigenvalue weighted by Gasteiger charge is -2.01. The molecule has 1 aromatic heterocycles. The van der Waals surface area contributed by atoms with Crippen molar-refractivity contribution in [2.24, 2.45) is 7.05 Å². The summed E-state index contributed by atoms with van der Waals surface area (Å²) in [7, 11) is 1.91. The van der Waals surface area contributed by atoms with Crippen LogP contribution in [-0.2, 0) is 20.0 Å².